The van der Waals surface area contributed by atoms with Crippen LogP contribution in [0.5, 0.6) is 0 Å². The number of ether oxygens (including phenoxy) is 1. The second kappa shape index (κ2) is 8.57. The van der Waals surface area contributed by atoms with Crippen LogP contribution in [0.4, 0.5) is 0 Å². The van der Waals surface area contributed by atoms with Crippen LogP contribution in [0, 0.1) is 52.3 Å². The molecule has 3 saturated carbocycles. The molecule has 3 fully saturated rings. The number of hydrogen-bond acceptors (Lipinski definition) is 1. The summed E-state index contributed by atoms with van der Waals surface area (Å²) in [7, 11) is 1.89. The zero-order chi connectivity index (χ0) is 21.7. The van der Waals surface area contributed by atoms with E-state index in [9.17, 15) is 0 Å². The SMILES string of the molecule is COC1C=C2CCC3C(CCC4(C)C(C(C)CCC(C)C(C)C)CCC34)C2(C)CC1. The molecule has 0 spiro atoms. The van der Waals surface area contributed by atoms with Gasteiger partial charge >= 0.3 is 0 Å². The van der Waals surface area contributed by atoms with Crippen molar-refractivity contribution in [1.82, 2.24) is 0 Å². The predicted octanol–water partition coefficient (Wildman–Crippen LogP) is 8.29. The van der Waals surface area contributed by atoms with Crippen molar-refractivity contribution >= 4 is 0 Å². The van der Waals surface area contributed by atoms with Crippen molar-refractivity contribution in [3.05, 3.63) is 11.6 Å². The summed E-state index contributed by atoms with van der Waals surface area (Å²) in [6.45, 7) is 15.2. The Morgan fingerprint density at radius 2 is 1.70 bits per heavy atom. The smallest absolute Gasteiger partial charge is 0.0755 e. The van der Waals surface area contributed by atoms with E-state index in [1.54, 1.807) is 5.57 Å². The molecule has 1 nitrogen and oxygen atoms in total. The lowest BCUT2D eigenvalue weighted by Gasteiger charge is -2.59. The van der Waals surface area contributed by atoms with Gasteiger partial charge in [-0.1, -0.05) is 66.0 Å². The zero-order valence-corrected chi connectivity index (χ0v) is 21.2. The summed E-state index contributed by atoms with van der Waals surface area (Å²) in [5, 5.41) is 0. The highest BCUT2D eigenvalue weighted by Crippen LogP contribution is 2.67. The lowest BCUT2D eigenvalue weighted by molar-refractivity contribution is -0.0640. The maximum absolute atomic E-state index is 5.72. The van der Waals surface area contributed by atoms with Crippen LogP contribution in [-0.2, 0) is 4.74 Å². The third-order valence-corrected chi connectivity index (χ3v) is 11.3. The van der Waals surface area contributed by atoms with E-state index in [1.165, 1.54) is 64.2 Å². The second-order valence-corrected chi connectivity index (χ2v) is 12.8. The van der Waals surface area contributed by atoms with E-state index in [0.717, 1.165) is 41.4 Å². The first-order valence-electron chi connectivity index (χ1n) is 13.4. The van der Waals surface area contributed by atoms with Crippen LogP contribution in [0.25, 0.3) is 0 Å². The zero-order valence-electron chi connectivity index (χ0n) is 21.2. The van der Waals surface area contributed by atoms with Gasteiger partial charge in [0.25, 0.3) is 0 Å². The standard InChI is InChI=1S/C29H50O/c1-19(2)20(3)8-9-21(4)25-12-13-26-24-11-10-22-18-23(30-7)14-16-28(22,5)27(24)15-17-29(25,26)6/h18-21,23-27H,8-17H2,1-7H3. The Morgan fingerprint density at radius 1 is 0.933 bits per heavy atom. The third kappa shape index (κ3) is 3.74. The van der Waals surface area contributed by atoms with E-state index in [-0.39, 0.29) is 0 Å². The van der Waals surface area contributed by atoms with Gasteiger partial charge in [0.15, 0.2) is 0 Å². The quantitative estimate of drug-likeness (QED) is 0.397. The molecular formula is C29H50O. The first kappa shape index (κ1) is 22.9. The Bertz CT molecular complexity index is 634. The first-order valence-corrected chi connectivity index (χ1v) is 13.4. The van der Waals surface area contributed by atoms with E-state index in [1.807, 2.05) is 7.11 Å². The van der Waals surface area contributed by atoms with E-state index < -0.39 is 0 Å². The molecule has 0 amide bonds. The molecule has 1 heteroatoms. The number of fused-ring (bicyclic) bond motifs is 5. The van der Waals surface area contributed by atoms with Gasteiger partial charge in [-0.05, 0) is 104 Å². The van der Waals surface area contributed by atoms with Crippen LogP contribution >= 0.6 is 0 Å². The van der Waals surface area contributed by atoms with Crippen LogP contribution in [0.15, 0.2) is 11.6 Å². The summed E-state index contributed by atoms with van der Waals surface area (Å²) < 4.78 is 5.72. The summed E-state index contributed by atoms with van der Waals surface area (Å²) in [6.07, 6.45) is 17.2. The Hall–Kier alpha value is -0.300. The molecule has 0 aromatic carbocycles. The topological polar surface area (TPSA) is 9.23 Å². The Labute approximate surface area is 187 Å². The molecule has 0 aromatic heterocycles. The molecule has 0 radical (unpaired) electrons. The van der Waals surface area contributed by atoms with Crippen molar-refractivity contribution in [2.75, 3.05) is 7.11 Å². The molecule has 4 rings (SSSR count). The van der Waals surface area contributed by atoms with Crippen LogP contribution in [0.1, 0.15) is 106 Å². The molecule has 9 unspecified atom stereocenters. The van der Waals surface area contributed by atoms with Crippen LogP contribution in [0.2, 0.25) is 0 Å². The third-order valence-electron chi connectivity index (χ3n) is 11.3. The van der Waals surface area contributed by atoms with Gasteiger partial charge in [-0.25, -0.2) is 0 Å². The van der Waals surface area contributed by atoms with Gasteiger partial charge in [-0.2, -0.15) is 0 Å². The van der Waals surface area contributed by atoms with E-state index in [4.69, 9.17) is 4.74 Å². The summed E-state index contributed by atoms with van der Waals surface area (Å²) in [6, 6.07) is 0. The van der Waals surface area contributed by atoms with Crippen molar-refractivity contribution in [3.63, 3.8) is 0 Å². The minimum atomic E-state index is 0.378. The van der Waals surface area contributed by atoms with Gasteiger partial charge in [0.2, 0.25) is 0 Å². The van der Waals surface area contributed by atoms with E-state index in [0.29, 0.717) is 16.9 Å². The molecule has 30 heavy (non-hydrogen) atoms. The number of rotatable bonds is 6. The Balaban J connectivity index is 1.48. The molecule has 172 valence electrons. The molecule has 0 N–H and O–H groups in total. The summed E-state index contributed by atoms with van der Waals surface area (Å²) in [5.74, 6) is 6.49. The average Bonchev–Trinajstić information content (AvgIpc) is 3.08. The van der Waals surface area contributed by atoms with Gasteiger partial charge in [0, 0.05) is 7.11 Å². The van der Waals surface area contributed by atoms with Crippen LogP contribution < -0.4 is 0 Å². The molecular weight excluding hydrogens is 364 g/mol. The number of methoxy groups -OCH3 is 1. The Morgan fingerprint density at radius 3 is 2.40 bits per heavy atom. The molecule has 9 atom stereocenters. The molecule has 0 saturated heterocycles. The van der Waals surface area contributed by atoms with Crippen molar-refractivity contribution in [1.29, 1.82) is 0 Å². The minimum Gasteiger partial charge on any atom is -0.377 e. The van der Waals surface area contributed by atoms with E-state index in [2.05, 4.69) is 47.6 Å². The molecule has 4 aliphatic rings. The summed E-state index contributed by atoms with van der Waals surface area (Å²) in [4.78, 5) is 0. The number of allylic oxidation sites excluding steroid dienone is 1. The van der Waals surface area contributed by atoms with Crippen LogP contribution in [0.3, 0.4) is 0 Å². The molecule has 4 aliphatic carbocycles. The highest BCUT2D eigenvalue weighted by molar-refractivity contribution is 5.25. The normalized spacial score (nSPS) is 45.3. The van der Waals surface area contributed by atoms with Crippen molar-refractivity contribution in [3.8, 4) is 0 Å². The largest absolute Gasteiger partial charge is 0.377 e. The van der Waals surface area contributed by atoms with E-state index >= 15 is 0 Å². The maximum Gasteiger partial charge on any atom is 0.0755 e. The fourth-order valence-electron chi connectivity index (χ4n) is 8.92. The predicted molar refractivity (Wildman–Crippen MR) is 128 cm³/mol. The van der Waals surface area contributed by atoms with Gasteiger partial charge in [0.1, 0.15) is 0 Å². The van der Waals surface area contributed by atoms with Crippen molar-refractivity contribution in [2.45, 2.75) is 112 Å². The number of hydrogen-bond donors (Lipinski definition) is 0. The van der Waals surface area contributed by atoms with Gasteiger partial charge in [-0.3, -0.25) is 0 Å². The fraction of sp³-hybridized carbons (Fsp3) is 0.931. The summed E-state index contributed by atoms with van der Waals surface area (Å²) in [5.41, 5.74) is 2.84. The molecule has 0 aromatic rings. The van der Waals surface area contributed by atoms with Gasteiger partial charge < -0.3 is 4.74 Å². The summed E-state index contributed by atoms with van der Waals surface area (Å²) >= 11 is 0. The van der Waals surface area contributed by atoms with Crippen molar-refractivity contribution in [2.24, 2.45) is 52.3 Å². The molecule has 0 aliphatic heterocycles. The van der Waals surface area contributed by atoms with Crippen LogP contribution in [-0.4, -0.2) is 13.2 Å². The lowest BCUT2D eigenvalue weighted by atomic mass is 9.46. The highest BCUT2D eigenvalue weighted by Gasteiger charge is 2.59. The highest BCUT2D eigenvalue weighted by atomic mass is 16.5. The first-order chi connectivity index (χ1) is 14.2. The average molecular weight is 415 g/mol. The Kier molecular flexibility index (Phi) is 6.53. The van der Waals surface area contributed by atoms with Crippen molar-refractivity contribution < 1.29 is 4.74 Å². The second-order valence-electron chi connectivity index (χ2n) is 12.8. The van der Waals surface area contributed by atoms with Gasteiger partial charge in [0.05, 0.1) is 6.10 Å². The minimum absolute atomic E-state index is 0.378. The molecule has 0 bridgehead atoms. The lowest BCUT2D eigenvalue weighted by Crippen LogP contribution is -2.51. The monoisotopic (exact) mass is 414 g/mol. The fourth-order valence-corrected chi connectivity index (χ4v) is 8.92. The van der Waals surface area contributed by atoms with Gasteiger partial charge in [-0.15, -0.1) is 0 Å². The maximum atomic E-state index is 5.72. The molecule has 0 heterocycles.